The summed E-state index contributed by atoms with van der Waals surface area (Å²) in [6.07, 6.45) is 40.9. The fourth-order valence-electron chi connectivity index (χ4n) is 19.0. The van der Waals surface area contributed by atoms with Crippen molar-refractivity contribution in [2.24, 2.45) is 0 Å². The molecule has 0 aliphatic heterocycles. The van der Waals surface area contributed by atoms with Gasteiger partial charge in [-0.1, -0.05) is 340 Å². The van der Waals surface area contributed by atoms with Gasteiger partial charge < -0.3 is 0 Å². The van der Waals surface area contributed by atoms with Crippen LogP contribution in [0.4, 0.5) is 0 Å². The Morgan fingerprint density at radius 1 is 0.371 bits per heavy atom. The van der Waals surface area contributed by atoms with Crippen molar-refractivity contribution < 1.29 is 0 Å². The molecule has 522 valence electrons. The molecule has 0 saturated carbocycles. The van der Waals surface area contributed by atoms with Gasteiger partial charge in [-0.2, -0.15) is 0 Å². The molecular formula is C93H130N4. The number of fused-ring (bicyclic) bond motifs is 6. The maximum absolute atomic E-state index is 6.07. The first-order valence-corrected chi connectivity index (χ1v) is 39.8. The van der Waals surface area contributed by atoms with Gasteiger partial charge in [0, 0.05) is 44.0 Å². The Balaban J connectivity index is 0.00000292. The summed E-state index contributed by atoms with van der Waals surface area (Å²) in [6, 6.07) is 50.1. The second-order valence-electron chi connectivity index (χ2n) is 30.0. The molecule has 1 aliphatic rings. The number of hydrogen-bond donors (Lipinski definition) is 0. The van der Waals surface area contributed by atoms with Crippen molar-refractivity contribution in [1.29, 1.82) is 0 Å². The minimum Gasteiger partial charge on any atom is -0.254 e. The molecule has 5 aromatic carbocycles. The number of benzene rings is 5. The van der Waals surface area contributed by atoms with Crippen LogP contribution < -0.4 is 0 Å². The fraction of sp³-hybridized carbons (Fsp3) is 0.548. The average molecular weight is 1300 g/mol. The zero-order valence-corrected chi connectivity index (χ0v) is 64.2. The number of unbranched alkanes of at least 4 members (excludes halogenated alkanes) is 11. The monoisotopic (exact) mass is 1300 g/mol. The van der Waals surface area contributed by atoms with Gasteiger partial charge in [-0.05, 0) is 158 Å². The second kappa shape index (κ2) is 35.7. The lowest BCUT2D eigenvalue weighted by Crippen LogP contribution is -2.51. The van der Waals surface area contributed by atoms with Crippen LogP contribution in [0.3, 0.4) is 0 Å². The van der Waals surface area contributed by atoms with Gasteiger partial charge in [-0.3, -0.25) is 4.98 Å². The molecule has 1 aliphatic carbocycles. The predicted molar refractivity (Wildman–Crippen MR) is 425 cm³/mol. The summed E-state index contributed by atoms with van der Waals surface area (Å²) in [6.45, 7) is 38.2. The van der Waals surface area contributed by atoms with E-state index in [0.29, 0.717) is 0 Å². The first kappa shape index (κ1) is 76.5. The molecule has 9 rings (SSSR count). The molecule has 1 unspecified atom stereocenters. The van der Waals surface area contributed by atoms with Crippen LogP contribution in [-0.2, 0) is 32.5 Å². The lowest BCUT2D eigenvalue weighted by atomic mass is 9.51. The Morgan fingerprint density at radius 3 is 1.33 bits per heavy atom. The Bertz CT molecular complexity index is 3710. The van der Waals surface area contributed by atoms with E-state index in [1.54, 1.807) is 11.1 Å². The van der Waals surface area contributed by atoms with Gasteiger partial charge in [-0.25, -0.2) is 15.0 Å². The van der Waals surface area contributed by atoms with E-state index in [1.165, 1.54) is 179 Å². The van der Waals surface area contributed by atoms with Crippen LogP contribution in [0.25, 0.3) is 56.6 Å². The van der Waals surface area contributed by atoms with Gasteiger partial charge in [0.05, 0.1) is 22.4 Å². The molecule has 3 heterocycles. The SMILES string of the molecule is CCCC.CCCCCCCCC1(CCCCCCCC)c2cc(C)ccc2-c2ccc(C(CC)(CC)C(CC)(CC)c3cc(C(CC)(CC)C(CC)(CCC)c4ccc(/C=C/c5ccc(C(C)(CCC)CCC)cc5)cc4)nc(-c4ccc5ccc6cccnc6c5n4)n3)cc21. The standard InChI is InChI=1S/C89H120N4.C4H10/c1-15-27-29-31-33-35-60-85(61-36-34-32-30-28-16-2)76-63-66(13)39-54-74(76)75-55-53-73(64-77(75)85)86(20-6,21-7)87(22-8,23-9)79-65-80(93-83(92-79)78-56-48-70-47-46-69-38-37-62-90-81(69)82(70)91-78)88(24-10,25-11)89(26-12,59-19-5)72-51-44-68(45-52-72)41-40-67-42-49-71(50-43-67)84(14,57-17-3)58-18-4;1-3-4-2/h37-56,62-65H,15-36,57-61H2,1-14H3;3-4H2,1-2H3/b41-40+;. The van der Waals surface area contributed by atoms with Gasteiger partial charge in [0.25, 0.3) is 0 Å². The lowest BCUT2D eigenvalue weighted by Gasteiger charge is -2.53. The highest BCUT2D eigenvalue weighted by atomic mass is 15.0. The molecule has 4 nitrogen and oxygen atoms in total. The van der Waals surface area contributed by atoms with Crippen LogP contribution in [0.2, 0.25) is 0 Å². The van der Waals surface area contributed by atoms with Gasteiger partial charge in [-0.15, -0.1) is 0 Å². The van der Waals surface area contributed by atoms with E-state index in [2.05, 4.69) is 244 Å². The fourth-order valence-corrected chi connectivity index (χ4v) is 19.0. The Labute approximate surface area is 592 Å². The third kappa shape index (κ3) is 15.7. The number of rotatable bonds is 38. The maximum atomic E-state index is 6.07. The molecule has 8 aromatic rings. The molecule has 0 bridgehead atoms. The Kier molecular flexibility index (Phi) is 28.1. The minimum atomic E-state index is -0.364. The molecular weight excluding hydrogens is 1170 g/mol. The summed E-state index contributed by atoms with van der Waals surface area (Å²) in [4.78, 5) is 22.7. The van der Waals surface area contributed by atoms with E-state index in [9.17, 15) is 0 Å². The summed E-state index contributed by atoms with van der Waals surface area (Å²) >= 11 is 0. The lowest BCUT2D eigenvalue weighted by molar-refractivity contribution is 0.158. The molecule has 3 aromatic heterocycles. The van der Waals surface area contributed by atoms with Crippen LogP contribution in [0.1, 0.15) is 346 Å². The number of aromatic nitrogens is 4. The topological polar surface area (TPSA) is 51.6 Å². The van der Waals surface area contributed by atoms with Crippen LogP contribution in [-0.4, -0.2) is 19.9 Å². The smallest absolute Gasteiger partial charge is 0.178 e. The third-order valence-electron chi connectivity index (χ3n) is 24.7. The molecule has 1 atom stereocenters. The zero-order chi connectivity index (χ0) is 69.7. The van der Waals surface area contributed by atoms with Crippen LogP contribution in [0.15, 0.2) is 134 Å². The highest BCUT2D eigenvalue weighted by Gasteiger charge is 2.55. The number of pyridine rings is 2. The molecule has 0 fully saturated rings. The van der Waals surface area contributed by atoms with E-state index in [1.807, 2.05) is 12.3 Å². The van der Waals surface area contributed by atoms with Crippen molar-refractivity contribution in [3.05, 3.63) is 189 Å². The van der Waals surface area contributed by atoms with Gasteiger partial charge in [0.2, 0.25) is 0 Å². The molecule has 0 N–H and O–H groups in total. The molecule has 0 radical (unpaired) electrons. The van der Waals surface area contributed by atoms with Crippen LogP contribution >= 0.6 is 0 Å². The molecule has 4 heteroatoms. The quantitative estimate of drug-likeness (QED) is 0.0220. The van der Waals surface area contributed by atoms with Crippen molar-refractivity contribution in [3.8, 4) is 22.6 Å². The van der Waals surface area contributed by atoms with Crippen molar-refractivity contribution >= 4 is 34.0 Å². The molecule has 0 amide bonds. The van der Waals surface area contributed by atoms with E-state index < -0.39 is 0 Å². The summed E-state index contributed by atoms with van der Waals surface area (Å²) < 4.78 is 0. The van der Waals surface area contributed by atoms with Crippen LogP contribution in [0.5, 0.6) is 0 Å². The van der Waals surface area contributed by atoms with E-state index in [0.717, 1.165) is 96.8 Å². The van der Waals surface area contributed by atoms with Gasteiger partial charge in [0.1, 0.15) is 5.69 Å². The van der Waals surface area contributed by atoms with Gasteiger partial charge >= 0.3 is 0 Å². The summed E-state index contributed by atoms with van der Waals surface area (Å²) in [5, 5.41) is 2.16. The summed E-state index contributed by atoms with van der Waals surface area (Å²) in [5.74, 6) is 0.725. The Morgan fingerprint density at radius 2 is 0.825 bits per heavy atom. The average Bonchev–Trinajstić information content (AvgIpc) is 1.70. The Hall–Kier alpha value is -6.26. The third-order valence-corrected chi connectivity index (χ3v) is 24.7. The molecule has 0 saturated heterocycles. The number of nitrogens with zero attached hydrogens (tertiary/aromatic N) is 4. The zero-order valence-electron chi connectivity index (χ0n) is 64.2. The van der Waals surface area contributed by atoms with E-state index in [-0.39, 0.29) is 32.5 Å². The van der Waals surface area contributed by atoms with Crippen molar-refractivity contribution in [2.45, 2.75) is 329 Å². The highest BCUT2D eigenvalue weighted by molar-refractivity contribution is 6.03. The predicted octanol–water partition coefficient (Wildman–Crippen LogP) is 28.2. The van der Waals surface area contributed by atoms with Gasteiger partial charge in [0.15, 0.2) is 5.82 Å². The van der Waals surface area contributed by atoms with E-state index in [4.69, 9.17) is 19.9 Å². The van der Waals surface area contributed by atoms with Crippen molar-refractivity contribution in [2.75, 3.05) is 0 Å². The molecule has 0 spiro atoms. The number of hydrogen-bond acceptors (Lipinski definition) is 4. The molecule has 97 heavy (non-hydrogen) atoms. The number of aryl methyl sites for hydroxylation is 1. The second-order valence-corrected chi connectivity index (χ2v) is 30.0. The summed E-state index contributed by atoms with van der Waals surface area (Å²) in [5.41, 5.74) is 18.3. The largest absolute Gasteiger partial charge is 0.254 e. The minimum absolute atomic E-state index is 0.0252. The van der Waals surface area contributed by atoms with Crippen molar-refractivity contribution in [3.63, 3.8) is 0 Å². The first-order chi connectivity index (χ1) is 47.1. The highest BCUT2D eigenvalue weighted by Crippen LogP contribution is 2.60. The normalized spacial score (nSPS) is 13.9. The maximum Gasteiger partial charge on any atom is 0.178 e. The summed E-state index contributed by atoms with van der Waals surface area (Å²) in [7, 11) is 0. The first-order valence-electron chi connectivity index (χ1n) is 39.8. The van der Waals surface area contributed by atoms with Crippen molar-refractivity contribution in [1.82, 2.24) is 19.9 Å². The van der Waals surface area contributed by atoms with Crippen LogP contribution in [0, 0.1) is 6.92 Å². The van der Waals surface area contributed by atoms with E-state index >= 15 is 0 Å².